The number of aliphatic hydroxyl groups excluding tert-OH is 3. The lowest BCUT2D eigenvalue weighted by atomic mass is 9.87. The number of nitrogen functional groups attached to an aromatic ring is 1. The lowest BCUT2D eigenvalue weighted by Crippen LogP contribution is -2.46. The number of aromatic nitrogens is 4. The zero-order chi connectivity index (χ0) is 32.9. The summed E-state index contributed by atoms with van der Waals surface area (Å²) in [6.45, 7) is 3.22. The van der Waals surface area contributed by atoms with E-state index in [2.05, 4.69) is 29.9 Å². The van der Waals surface area contributed by atoms with Crippen LogP contribution in [0.2, 0.25) is 0 Å². The van der Waals surface area contributed by atoms with Gasteiger partial charge in [0.05, 0.1) is 19.5 Å². The molecule has 1 aliphatic rings. The Hall–Kier alpha value is -2.61. The van der Waals surface area contributed by atoms with Gasteiger partial charge in [-0.15, -0.1) is 0 Å². The van der Waals surface area contributed by atoms with E-state index in [1.165, 1.54) is 24.7 Å². The number of rotatable bonds is 16. The molecule has 0 aliphatic carbocycles. The average molecular weight is 670 g/mol. The van der Waals surface area contributed by atoms with Crippen LogP contribution in [-0.4, -0.2) is 107 Å². The molecular formula is C22H37N7O13P2. The molecular weight excluding hydrogens is 632 g/mol. The Kier molecular flexibility index (Phi) is 11.9. The van der Waals surface area contributed by atoms with E-state index in [1.807, 2.05) is 6.92 Å². The minimum atomic E-state index is -5.34. The molecule has 2 aromatic heterocycles. The molecule has 1 aliphatic heterocycles. The molecule has 2 amide bonds. The molecule has 0 spiro atoms. The summed E-state index contributed by atoms with van der Waals surface area (Å²) >= 11 is 0. The van der Waals surface area contributed by atoms with Crippen LogP contribution in [0.5, 0.6) is 0 Å². The maximum Gasteiger partial charge on any atom is 0.481 e. The van der Waals surface area contributed by atoms with Gasteiger partial charge in [0.1, 0.15) is 36.3 Å². The number of fused-ring (bicyclic) bond motifs is 1. The summed E-state index contributed by atoms with van der Waals surface area (Å²) in [5, 5.41) is 36.3. The first kappa shape index (κ1) is 35.9. The predicted molar refractivity (Wildman–Crippen MR) is 149 cm³/mol. The highest BCUT2D eigenvalue weighted by atomic mass is 31.3. The fourth-order valence-corrected chi connectivity index (χ4v) is 6.18. The van der Waals surface area contributed by atoms with E-state index in [4.69, 9.17) is 19.5 Å². The third kappa shape index (κ3) is 9.21. The van der Waals surface area contributed by atoms with E-state index in [9.17, 15) is 43.8 Å². The van der Waals surface area contributed by atoms with E-state index >= 15 is 0 Å². The van der Waals surface area contributed by atoms with Gasteiger partial charge in [-0.3, -0.25) is 23.2 Å². The Morgan fingerprint density at radius 2 is 1.80 bits per heavy atom. The Labute approximate surface area is 251 Å². The molecule has 3 heterocycles. The number of hydrogen-bond acceptors (Lipinski definition) is 15. The van der Waals surface area contributed by atoms with Crippen molar-refractivity contribution in [2.45, 2.75) is 64.3 Å². The molecule has 2 unspecified atom stereocenters. The lowest BCUT2D eigenvalue weighted by Gasteiger charge is -2.30. The second-order valence-corrected chi connectivity index (χ2v) is 13.5. The van der Waals surface area contributed by atoms with Gasteiger partial charge in [0.15, 0.2) is 17.7 Å². The van der Waals surface area contributed by atoms with E-state index in [0.29, 0.717) is 6.54 Å². The number of ether oxygens (including phenoxy) is 1. The Bertz CT molecular complexity index is 1410. The lowest BCUT2D eigenvalue weighted by molar-refractivity contribution is -0.137. The van der Waals surface area contributed by atoms with E-state index < -0.39 is 70.8 Å². The maximum atomic E-state index is 12.4. The van der Waals surface area contributed by atoms with Crippen LogP contribution < -0.4 is 16.4 Å². The summed E-state index contributed by atoms with van der Waals surface area (Å²) in [6.07, 6.45) is -4.59. The summed E-state index contributed by atoms with van der Waals surface area (Å²) in [4.78, 5) is 55.8. The van der Waals surface area contributed by atoms with Crippen molar-refractivity contribution in [1.82, 2.24) is 30.2 Å². The molecule has 9 N–H and O–H groups in total. The van der Waals surface area contributed by atoms with E-state index in [-0.39, 0.29) is 35.9 Å². The fraction of sp³-hybridized carbons (Fsp3) is 0.682. The van der Waals surface area contributed by atoms with Crippen LogP contribution in [0.3, 0.4) is 0 Å². The number of nitrogens with two attached hydrogens (primary N) is 1. The highest BCUT2D eigenvalue weighted by molar-refractivity contribution is 7.61. The number of nitrogens with one attached hydrogen (secondary N) is 2. The largest absolute Gasteiger partial charge is 0.481 e. The van der Waals surface area contributed by atoms with Gasteiger partial charge >= 0.3 is 15.6 Å². The average Bonchev–Trinajstić information content (AvgIpc) is 3.50. The van der Waals surface area contributed by atoms with Gasteiger partial charge < -0.3 is 46.2 Å². The van der Waals surface area contributed by atoms with Crippen molar-refractivity contribution in [3.05, 3.63) is 12.7 Å². The summed E-state index contributed by atoms with van der Waals surface area (Å²) in [6, 6.07) is 0. The van der Waals surface area contributed by atoms with Gasteiger partial charge in [-0.05, 0) is 6.42 Å². The van der Waals surface area contributed by atoms with Crippen molar-refractivity contribution in [3.63, 3.8) is 0 Å². The van der Waals surface area contributed by atoms with Crippen molar-refractivity contribution in [3.8, 4) is 0 Å². The SMILES string of the molecule is CCCNC(=O)CCNC(=O)[C@H](O)C(C)(C)COP(=O)(O)OP(=O)(O)OC[C@H]1O[C@@H](n2cnc3c(N)ncnc32)[C@H](O)[C@@H]1O. The van der Waals surface area contributed by atoms with Crippen molar-refractivity contribution in [2.75, 3.05) is 32.0 Å². The minimum absolute atomic E-state index is 0.0338. The molecule has 3 rings (SSSR count). The third-order valence-corrected chi connectivity index (χ3v) is 9.00. The second kappa shape index (κ2) is 14.7. The first-order valence-electron chi connectivity index (χ1n) is 13.3. The number of phosphoric ester groups is 2. The predicted octanol–water partition coefficient (Wildman–Crippen LogP) is -1.30. The summed E-state index contributed by atoms with van der Waals surface area (Å²) in [5.41, 5.74) is 4.62. The van der Waals surface area contributed by atoms with E-state index in [1.54, 1.807) is 0 Å². The van der Waals surface area contributed by atoms with Crippen LogP contribution in [0.4, 0.5) is 5.82 Å². The van der Waals surface area contributed by atoms with Crippen LogP contribution in [0.15, 0.2) is 12.7 Å². The zero-order valence-electron chi connectivity index (χ0n) is 24.0. The smallest absolute Gasteiger partial charge is 0.387 e. The Morgan fingerprint density at radius 1 is 1.11 bits per heavy atom. The number of aliphatic hydroxyl groups is 3. The first-order valence-corrected chi connectivity index (χ1v) is 16.3. The number of nitrogens with zero attached hydrogens (tertiary/aromatic N) is 4. The molecule has 0 saturated carbocycles. The summed E-state index contributed by atoms with van der Waals surface area (Å²) in [7, 11) is -10.7. The maximum absolute atomic E-state index is 12.4. The van der Waals surface area contributed by atoms with Crippen LogP contribution in [0.25, 0.3) is 11.2 Å². The number of amides is 2. The van der Waals surface area contributed by atoms with Crippen molar-refractivity contribution >= 4 is 44.4 Å². The van der Waals surface area contributed by atoms with Crippen LogP contribution >= 0.6 is 15.6 Å². The number of carbonyl (C=O) groups excluding carboxylic acids is 2. The molecule has 0 bridgehead atoms. The highest BCUT2D eigenvalue weighted by Gasteiger charge is 2.46. The van der Waals surface area contributed by atoms with Crippen molar-refractivity contribution in [2.24, 2.45) is 5.41 Å². The first-order chi connectivity index (χ1) is 20.5. The standard InChI is InChI=1S/C22H37N7O13P2/c1-4-6-24-13(30)5-7-25-20(34)17(33)22(2,3)9-40-44(37,38)42-43(35,36)39-8-12-15(31)16(32)21(41-12)29-11-28-14-18(23)26-10-27-19(14)29/h10-12,15-17,21,31-33H,4-9H2,1-3H3,(H,24,30)(H,25,34)(H,35,36)(H,37,38)(H2,23,26,27)/t12-,15-,16-,17+,21-/m1/s1. The monoisotopic (exact) mass is 669 g/mol. The quantitative estimate of drug-likeness (QED) is 0.0963. The van der Waals surface area contributed by atoms with Gasteiger partial charge in [0.2, 0.25) is 11.8 Å². The van der Waals surface area contributed by atoms with Gasteiger partial charge in [0, 0.05) is 24.9 Å². The molecule has 20 nitrogen and oxygen atoms in total. The molecule has 7 atom stereocenters. The molecule has 22 heteroatoms. The van der Waals surface area contributed by atoms with Gasteiger partial charge in [-0.1, -0.05) is 20.8 Å². The Morgan fingerprint density at radius 3 is 2.48 bits per heavy atom. The number of carbonyl (C=O) groups is 2. The fourth-order valence-electron chi connectivity index (χ4n) is 3.93. The Balaban J connectivity index is 1.50. The molecule has 44 heavy (non-hydrogen) atoms. The second-order valence-electron chi connectivity index (χ2n) is 10.5. The van der Waals surface area contributed by atoms with Crippen molar-refractivity contribution in [1.29, 1.82) is 0 Å². The number of phosphoric acid groups is 2. The third-order valence-electron chi connectivity index (χ3n) is 6.42. The molecule has 1 saturated heterocycles. The van der Waals surface area contributed by atoms with Crippen molar-refractivity contribution < 1.29 is 61.9 Å². The minimum Gasteiger partial charge on any atom is -0.387 e. The zero-order valence-corrected chi connectivity index (χ0v) is 25.8. The molecule has 1 fully saturated rings. The number of hydrogen-bond donors (Lipinski definition) is 8. The van der Waals surface area contributed by atoms with Gasteiger partial charge in [0.25, 0.3) is 0 Å². The summed E-state index contributed by atoms with van der Waals surface area (Å²) < 4.78 is 45.3. The number of imidazole rings is 1. The van der Waals surface area contributed by atoms with Gasteiger partial charge in [-0.2, -0.15) is 4.31 Å². The molecule has 248 valence electrons. The summed E-state index contributed by atoms with van der Waals surface area (Å²) in [5.74, 6) is -1.13. The highest BCUT2D eigenvalue weighted by Crippen LogP contribution is 2.61. The van der Waals surface area contributed by atoms with Crippen LogP contribution in [-0.2, 0) is 36.8 Å². The molecule has 2 aromatic rings. The number of anilines is 1. The normalized spacial score (nSPS) is 24.0. The van der Waals surface area contributed by atoms with Gasteiger partial charge in [-0.25, -0.2) is 24.1 Å². The topological polar surface area (TPSA) is 300 Å². The van der Waals surface area contributed by atoms with Crippen LogP contribution in [0.1, 0.15) is 39.8 Å². The molecule has 0 aromatic carbocycles. The van der Waals surface area contributed by atoms with E-state index in [0.717, 1.165) is 12.7 Å². The molecule has 0 radical (unpaired) electrons. The van der Waals surface area contributed by atoms with Crippen LogP contribution in [0, 0.1) is 5.41 Å².